The number of nitrogens with two attached hydrogens (primary N) is 1. The van der Waals surface area contributed by atoms with Crippen molar-refractivity contribution in [1.82, 2.24) is 9.97 Å². The van der Waals surface area contributed by atoms with Crippen LogP contribution in [0.4, 0.5) is 17.3 Å². The van der Waals surface area contributed by atoms with Crippen molar-refractivity contribution in [2.24, 2.45) is 0 Å². The first-order valence-corrected chi connectivity index (χ1v) is 5.58. The molecule has 1 aliphatic rings. The molecule has 1 aromatic heterocycles. The average molecular weight is 301 g/mol. The summed E-state index contributed by atoms with van der Waals surface area (Å²) in [7, 11) is 0. The summed E-state index contributed by atoms with van der Waals surface area (Å²) < 4.78 is 4.89. The van der Waals surface area contributed by atoms with Gasteiger partial charge in [-0.2, -0.15) is 0 Å². The lowest BCUT2D eigenvalue weighted by Crippen LogP contribution is -2.37. The van der Waals surface area contributed by atoms with Gasteiger partial charge in [-0.15, -0.1) is 0 Å². The second kappa shape index (κ2) is 5.43. The summed E-state index contributed by atoms with van der Waals surface area (Å²) >= 11 is 0. The van der Waals surface area contributed by atoms with Crippen LogP contribution in [0.5, 0.6) is 0 Å². The number of aliphatic carboxylic acids is 1. The number of nitrogens with one attached hydrogen (secondary N) is 1. The van der Waals surface area contributed by atoms with Gasteiger partial charge in [0.15, 0.2) is 12.3 Å². The van der Waals surface area contributed by atoms with Crippen molar-refractivity contribution in [3.8, 4) is 0 Å². The molecule has 114 valence electrons. The minimum absolute atomic E-state index is 0.366. The molecule has 0 saturated carbocycles. The fourth-order valence-electron chi connectivity index (χ4n) is 1.81. The largest absolute Gasteiger partial charge is 0.479 e. The Hall–Kier alpha value is -2.57. The smallest absolute Gasteiger partial charge is 0.353 e. The van der Waals surface area contributed by atoms with Crippen LogP contribution in [0, 0.1) is 10.1 Å². The molecule has 4 unspecified atom stereocenters. The number of carboxylic acid groups (broad SMARTS) is 1. The van der Waals surface area contributed by atoms with E-state index in [1.165, 1.54) is 0 Å². The van der Waals surface area contributed by atoms with Gasteiger partial charge in [-0.05, 0) is 0 Å². The highest BCUT2D eigenvalue weighted by Crippen LogP contribution is 2.30. The van der Waals surface area contributed by atoms with E-state index in [1.54, 1.807) is 0 Å². The normalized spacial score (nSPS) is 28.3. The van der Waals surface area contributed by atoms with E-state index in [0.29, 0.717) is 0 Å². The summed E-state index contributed by atoms with van der Waals surface area (Å²) in [5, 5.41) is 41.2. The highest BCUT2D eigenvalue weighted by atomic mass is 16.6. The third-order valence-electron chi connectivity index (χ3n) is 2.82. The van der Waals surface area contributed by atoms with Crippen LogP contribution in [0.3, 0.4) is 0 Å². The van der Waals surface area contributed by atoms with Crippen LogP contribution in [0.1, 0.15) is 0 Å². The molecule has 4 atom stereocenters. The van der Waals surface area contributed by atoms with Gasteiger partial charge in [0.2, 0.25) is 11.6 Å². The Kier molecular flexibility index (Phi) is 3.84. The summed E-state index contributed by atoms with van der Waals surface area (Å²) in [6.07, 6.45) is -5.46. The monoisotopic (exact) mass is 301 g/mol. The SMILES string of the molecule is Nc1ncnc(NC2OC(C(=O)O)C(O)C2O)c1[N+](=O)[O-]. The second-order valence-electron chi connectivity index (χ2n) is 4.15. The average Bonchev–Trinajstić information content (AvgIpc) is 2.67. The lowest BCUT2D eigenvalue weighted by Gasteiger charge is -2.16. The first kappa shape index (κ1) is 14.8. The van der Waals surface area contributed by atoms with E-state index in [9.17, 15) is 25.1 Å². The Morgan fingerprint density at radius 1 is 1.43 bits per heavy atom. The molecule has 1 aromatic rings. The standard InChI is InChI=1S/C9H11N5O7/c10-6-2(14(19)20)7(12-1-11-6)13-8-4(16)3(15)5(21-8)9(17)18/h1,3-5,8,15-16H,(H,17,18)(H3,10,11,12,13). The number of aromatic nitrogens is 2. The van der Waals surface area contributed by atoms with Gasteiger partial charge in [0.1, 0.15) is 18.5 Å². The molecule has 12 heteroatoms. The number of nitrogen functional groups attached to an aromatic ring is 1. The van der Waals surface area contributed by atoms with E-state index >= 15 is 0 Å². The molecule has 0 aliphatic carbocycles. The van der Waals surface area contributed by atoms with Gasteiger partial charge in [0.05, 0.1) is 4.92 Å². The molecule has 0 amide bonds. The number of ether oxygens (including phenoxy) is 1. The molecule has 2 heterocycles. The summed E-state index contributed by atoms with van der Waals surface area (Å²) in [4.78, 5) is 27.9. The molecule has 1 aliphatic heterocycles. The number of rotatable bonds is 4. The zero-order chi connectivity index (χ0) is 15.7. The topological polar surface area (TPSA) is 194 Å². The van der Waals surface area contributed by atoms with Crippen molar-refractivity contribution < 1.29 is 29.8 Å². The zero-order valence-electron chi connectivity index (χ0n) is 10.3. The van der Waals surface area contributed by atoms with Gasteiger partial charge in [-0.1, -0.05) is 0 Å². The first-order valence-electron chi connectivity index (χ1n) is 5.58. The number of hydrogen-bond acceptors (Lipinski definition) is 10. The fourth-order valence-corrected chi connectivity index (χ4v) is 1.81. The van der Waals surface area contributed by atoms with E-state index in [4.69, 9.17) is 15.6 Å². The van der Waals surface area contributed by atoms with E-state index in [1.807, 2.05) is 0 Å². The Morgan fingerprint density at radius 2 is 2.10 bits per heavy atom. The maximum Gasteiger partial charge on any atom is 0.353 e. The highest BCUT2D eigenvalue weighted by molar-refractivity contribution is 5.74. The quantitative estimate of drug-likeness (QED) is 0.302. The number of anilines is 2. The van der Waals surface area contributed by atoms with Gasteiger partial charge < -0.3 is 31.1 Å². The van der Waals surface area contributed by atoms with Crippen LogP contribution in [0.25, 0.3) is 0 Å². The van der Waals surface area contributed by atoms with Gasteiger partial charge in [-0.3, -0.25) is 10.1 Å². The van der Waals surface area contributed by atoms with Crippen molar-refractivity contribution in [2.75, 3.05) is 11.1 Å². The fraction of sp³-hybridized carbons (Fsp3) is 0.444. The molecule has 1 saturated heterocycles. The number of nitrogens with zero attached hydrogens (tertiary/aromatic N) is 3. The number of aliphatic hydroxyl groups is 2. The van der Waals surface area contributed by atoms with Crippen LogP contribution in [-0.2, 0) is 9.53 Å². The van der Waals surface area contributed by atoms with Crippen LogP contribution < -0.4 is 11.1 Å². The molecule has 0 spiro atoms. The predicted octanol–water partition coefficient (Wildman–Crippen LogP) is -2.09. The van der Waals surface area contributed by atoms with Gasteiger partial charge in [0.25, 0.3) is 0 Å². The lowest BCUT2D eigenvalue weighted by atomic mass is 10.1. The molecule has 21 heavy (non-hydrogen) atoms. The molecule has 0 radical (unpaired) electrons. The number of carboxylic acids is 1. The molecule has 0 bridgehead atoms. The molecule has 6 N–H and O–H groups in total. The van der Waals surface area contributed by atoms with Crippen LogP contribution in [0.2, 0.25) is 0 Å². The first-order chi connectivity index (χ1) is 9.82. The second-order valence-corrected chi connectivity index (χ2v) is 4.15. The molecule has 2 rings (SSSR count). The van der Waals surface area contributed by atoms with Crippen molar-refractivity contribution in [3.05, 3.63) is 16.4 Å². The van der Waals surface area contributed by atoms with E-state index in [-0.39, 0.29) is 5.82 Å². The van der Waals surface area contributed by atoms with Crippen LogP contribution >= 0.6 is 0 Å². The molecular weight excluding hydrogens is 290 g/mol. The summed E-state index contributed by atoms with van der Waals surface area (Å²) in [6.45, 7) is 0. The van der Waals surface area contributed by atoms with Crippen LogP contribution in [0.15, 0.2) is 6.33 Å². The molecule has 12 nitrogen and oxygen atoms in total. The minimum Gasteiger partial charge on any atom is -0.479 e. The maximum atomic E-state index is 10.9. The van der Waals surface area contributed by atoms with Crippen molar-refractivity contribution in [2.45, 2.75) is 24.5 Å². The number of aliphatic hydroxyl groups excluding tert-OH is 2. The Labute approximate surface area is 116 Å². The number of hydrogen-bond donors (Lipinski definition) is 5. The van der Waals surface area contributed by atoms with Gasteiger partial charge in [0, 0.05) is 0 Å². The Balaban J connectivity index is 2.25. The van der Waals surface area contributed by atoms with Crippen molar-refractivity contribution in [3.63, 3.8) is 0 Å². The zero-order valence-corrected chi connectivity index (χ0v) is 10.3. The van der Waals surface area contributed by atoms with Crippen LogP contribution in [-0.4, -0.2) is 60.7 Å². The third kappa shape index (κ3) is 2.67. The highest BCUT2D eigenvalue weighted by Gasteiger charge is 2.47. The molecule has 0 aromatic carbocycles. The maximum absolute atomic E-state index is 10.9. The number of carbonyl (C=O) groups is 1. The third-order valence-corrected chi connectivity index (χ3v) is 2.82. The molecule has 1 fully saturated rings. The Bertz CT molecular complexity index is 582. The predicted molar refractivity (Wildman–Crippen MR) is 65.0 cm³/mol. The Morgan fingerprint density at radius 3 is 2.62 bits per heavy atom. The van der Waals surface area contributed by atoms with Crippen molar-refractivity contribution >= 4 is 23.3 Å². The molecular formula is C9H11N5O7. The van der Waals surface area contributed by atoms with Gasteiger partial charge in [-0.25, -0.2) is 14.8 Å². The van der Waals surface area contributed by atoms with Gasteiger partial charge >= 0.3 is 11.7 Å². The van der Waals surface area contributed by atoms with Crippen molar-refractivity contribution in [1.29, 1.82) is 0 Å². The van der Waals surface area contributed by atoms with E-state index < -0.39 is 46.9 Å². The summed E-state index contributed by atoms with van der Waals surface area (Å²) in [5.41, 5.74) is 4.70. The van der Waals surface area contributed by atoms with E-state index in [0.717, 1.165) is 6.33 Å². The van der Waals surface area contributed by atoms with E-state index in [2.05, 4.69) is 15.3 Å². The summed E-state index contributed by atoms with van der Waals surface area (Å²) in [5.74, 6) is -2.27. The number of nitro groups is 1. The lowest BCUT2D eigenvalue weighted by molar-refractivity contribution is -0.383. The minimum atomic E-state index is -1.70. The summed E-state index contributed by atoms with van der Waals surface area (Å²) in [6, 6.07) is 0.